The minimum Gasteiger partial charge on any atom is -0.464 e. The molecule has 86 valence electrons. The number of esters is 1. The zero-order chi connectivity index (χ0) is 12.1. The van der Waals surface area contributed by atoms with E-state index in [1.807, 2.05) is 6.07 Å². The highest BCUT2D eigenvalue weighted by Gasteiger charge is 2.25. The predicted octanol–water partition coefficient (Wildman–Crippen LogP) is 1.07. The summed E-state index contributed by atoms with van der Waals surface area (Å²) in [6.45, 7) is 3.68. The molecule has 0 radical (unpaired) electrons. The molecule has 0 saturated carbocycles. The van der Waals surface area contributed by atoms with E-state index in [0.29, 0.717) is 5.56 Å². The van der Waals surface area contributed by atoms with Crippen LogP contribution in [0.1, 0.15) is 22.8 Å². The van der Waals surface area contributed by atoms with E-state index < -0.39 is 17.8 Å². The Morgan fingerprint density at radius 1 is 1.38 bits per heavy atom. The predicted molar refractivity (Wildman–Crippen MR) is 60.1 cm³/mol. The van der Waals surface area contributed by atoms with Crippen molar-refractivity contribution < 1.29 is 14.3 Å². The van der Waals surface area contributed by atoms with Crippen LogP contribution in [0, 0.1) is 6.92 Å². The molecule has 4 nitrogen and oxygen atoms in total. The summed E-state index contributed by atoms with van der Waals surface area (Å²) < 4.78 is 4.70. The van der Waals surface area contributed by atoms with Gasteiger partial charge in [-0.15, -0.1) is 0 Å². The summed E-state index contributed by atoms with van der Waals surface area (Å²) >= 11 is 0. The van der Waals surface area contributed by atoms with Crippen LogP contribution in [0.4, 0.5) is 0 Å². The molecule has 1 aromatic rings. The van der Waals surface area contributed by atoms with Crippen molar-refractivity contribution in [2.75, 3.05) is 6.61 Å². The Morgan fingerprint density at radius 3 is 2.56 bits per heavy atom. The van der Waals surface area contributed by atoms with Crippen molar-refractivity contribution in [3.63, 3.8) is 0 Å². The van der Waals surface area contributed by atoms with E-state index in [4.69, 9.17) is 10.5 Å². The molecule has 1 atom stereocenters. The molecule has 2 N–H and O–H groups in total. The van der Waals surface area contributed by atoms with Gasteiger partial charge in [-0.25, -0.2) is 4.79 Å². The Labute approximate surface area is 94.4 Å². The van der Waals surface area contributed by atoms with E-state index in [2.05, 4.69) is 0 Å². The zero-order valence-electron chi connectivity index (χ0n) is 9.40. The number of Topliss-reactive ketones (excluding diaryl/α,β-unsaturated/α-hetero) is 1. The summed E-state index contributed by atoms with van der Waals surface area (Å²) in [5, 5.41) is 0. The van der Waals surface area contributed by atoms with Gasteiger partial charge in [-0.2, -0.15) is 0 Å². The molecule has 0 aliphatic heterocycles. The third-order valence-corrected chi connectivity index (χ3v) is 2.23. The lowest BCUT2D eigenvalue weighted by Gasteiger charge is -2.10. The molecule has 1 rings (SSSR count). The van der Waals surface area contributed by atoms with Crippen LogP contribution in [-0.4, -0.2) is 24.4 Å². The van der Waals surface area contributed by atoms with E-state index in [1.54, 1.807) is 32.0 Å². The Bertz CT molecular complexity index is 401. The van der Waals surface area contributed by atoms with Gasteiger partial charge < -0.3 is 10.5 Å². The summed E-state index contributed by atoms with van der Waals surface area (Å²) in [4.78, 5) is 23.2. The molecule has 16 heavy (non-hydrogen) atoms. The Morgan fingerprint density at radius 2 is 2.00 bits per heavy atom. The molecule has 0 spiro atoms. The van der Waals surface area contributed by atoms with Crippen LogP contribution in [0.25, 0.3) is 0 Å². The van der Waals surface area contributed by atoms with E-state index >= 15 is 0 Å². The second kappa shape index (κ2) is 5.42. The Hall–Kier alpha value is -1.68. The third kappa shape index (κ3) is 2.67. The highest BCUT2D eigenvalue weighted by Crippen LogP contribution is 2.09. The normalized spacial score (nSPS) is 11.9. The van der Waals surface area contributed by atoms with E-state index in [9.17, 15) is 9.59 Å². The van der Waals surface area contributed by atoms with Crippen LogP contribution in [0.3, 0.4) is 0 Å². The van der Waals surface area contributed by atoms with Gasteiger partial charge in [0.25, 0.3) is 0 Å². The van der Waals surface area contributed by atoms with Gasteiger partial charge in [-0.3, -0.25) is 4.79 Å². The van der Waals surface area contributed by atoms with Gasteiger partial charge in [-0.05, 0) is 19.4 Å². The molecular formula is C12H15NO3. The Kier molecular flexibility index (Phi) is 4.19. The van der Waals surface area contributed by atoms with E-state index in [0.717, 1.165) is 5.56 Å². The number of carbonyl (C=O) groups is 2. The van der Waals surface area contributed by atoms with Gasteiger partial charge in [-0.1, -0.05) is 24.3 Å². The molecule has 1 unspecified atom stereocenters. The number of benzene rings is 1. The summed E-state index contributed by atoms with van der Waals surface area (Å²) in [6.07, 6.45) is 0. The number of aryl methyl sites for hydroxylation is 1. The van der Waals surface area contributed by atoms with Crippen molar-refractivity contribution in [3.8, 4) is 0 Å². The highest BCUT2D eigenvalue weighted by molar-refractivity contribution is 6.12. The smallest absolute Gasteiger partial charge is 0.331 e. The van der Waals surface area contributed by atoms with Crippen LogP contribution in [0.2, 0.25) is 0 Å². The molecule has 0 fully saturated rings. The molecule has 0 heterocycles. The summed E-state index contributed by atoms with van der Waals surface area (Å²) in [5.74, 6) is -1.09. The van der Waals surface area contributed by atoms with Crippen molar-refractivity contribution in [3.05, 3.63) is 35.4 Å². The lowest BCUT2D eigenvalue weighted by atomic mass is 10.0. The van der Waals surface area contributed by atoms with Gasteiger partial charge in [0.2, 0.25) is 0 Å². The number of hydrogen-bond donors (Lipinski definition) is 1. The third-order valence-electron chi connectivity index (χ3n) is 2.23. The van der Waals surface area contributed by atoms with Crippen LogP contribution in [0.15, 0.2) is 24.3 Å². The van der Waals surface area contributed by atoms with Crippen molar-refractivity contribution >= 4 is 11.8 Å². The number of rotatable bonds is 4. The van der Waals surface area contributed by atoms with Gasteiger partial charge in [0.15, 0.2) is 11.8 Å². The van der Waals surface area contributed by atoms with Crippen molar-refractivity contribution in [2.45, 2.75) is 19.9 Å². The van der Waals surface area contributed by atoms with Crippen molar-refractivity contribution in [1.82, 2.24) is 0 Å². The molecule has 0 aliphatic rings. The molecule has 4 heteroatoms. The maximum atomic E-state index is 11.9. The average molecular weight is 221 g/mol. The molecular weight excluding hydrogens is 206 g/mol. The molecule has 1 aromatic carbocycles. The average Bonchev–Trinajstić information content (AvgIpc) is 2.28. The largest absolute Gasteiger partial charge is 0.464 e. The fourth-order valence-electron chi connectivity index (χ4n) is 1.36. The number of carbonyl (C=O) groups excluding carboxylic acids is 2. The number of ketones is 1. The molecule has 0 aromatic heterocycles. The minimum absolute atomic E-state index is 0.216. The van der Waals surface area contributed by atoms with E-state index in [1.165, 1.54) is 0 Å². The van der Waals surface area contributed by atoms with Gasteiger partial charge in [0.1, 0.15) is 0 Å². The number of nitrogens with two attached hydrogens (primary N) is 1. The Balaban J connectivity index is 2.86. The van der Waals surface area contributed by atoms with Gasteiger partial charge in [0.05, 0.1) is 6.61 Å². The van der Waals surface area contributed by atoms with Crippen LogP contribution in [0.5, 0.6) is 0 Å². The maximum absolute atomic E-state index is 11.9. The summed E-state index contributed by atoms with van der Waals surface area (Å²) in [7, 11) is 0. The lowest BCUT2D eigenvalue weighted by Crippen LogP contribution is -2.40. The fourth-order valence-corrected chi connectivity index (χ4v) is 1.36. The number of hydrogen-bond acceptors (Lipinski definition) is 4. The van der Waals surface area contributed by atoms with Crippen LogP contribution >= 0.6 is 0 Å². The molecule has 0 bridgehead atoms. The fraction of sp³-hybridized carbons (Fsp3) is 0.333. The lowest BCUT2D eigenvalue weighted by molar-refractivity contribution is -0.143. The topological polar surface area (TPSA) is 69.4 Å². The van der Waals surface area contributed by atoms with E-state index in [-0.39, 0.29) is 6.61 Å². The molecule has 0 amide bonds. The first-order valence-electron chi connectivity index (χ1n) is 5.10. The first kappa shape index (κ1) is 12.4. The highest BCUT2D eigenvalue weighted by atomic mass is 16.5. The van der Waals surface area contributed by atoms with Crippen LogP contribution < -0.4 is 5.73 Å². The summed E-state index contributed by atoms with van der Waals surface area (Å²) in [6, 6.07) is 5.77. The second-order valence-corrected chi connectivity index (χ2v) is 3.41. The molecule has 0 saturated heterocycles. The second-order valence-electron chi connectivity index (χ2n) is 3.41. The quantitative estimate of drug-likeness (QED) is 0.469. The van der Waals surface area contributed by atoms with Crippen LogP contribution in [-0.2, 0) is 9.53 Å². The van der Waals surface area contributed by atoms with Crippen molar-refractivity contribution in [1.29, 1.82) is 0 Å². The van der Waals surface area contributed by atoms with Gasteiger partial charge in [0, 0.05) is 5.56 Å². The van der Waals surface area contributed by atoms with Gasteiger partial charge >= 0.3 is 5.97 Å². The monoisotopic (exact) mass is 221 g/mol. The molecule has 0 aliphatic carbocycles. The first-order valence-corrected chi connectivity index (χ1v) is 5.10. The minimum atomic E-state index is -1.24. The summed E-state index contributed by atoms with van der Waals surface area (Å²) in [5.41, 5.74) is 6.78. The maximum Gasteiger partial charge on any atom is 0.331 e. The first-order chi connectivity index (χ1) is 7.57. The number of ether oxygens (including phenoxy) is 1. The van der Waals surface area contributed by atoms with Crippen molar-refractivity contribution in [2.24, 2.45) is 5.73 Å². The SMILES string of the molecule is CCOC(=O)C(N)C(=O)c1ccccc1C. The standard InChI is InChI=1S/C12H15NO3/c1-3-16-12(15)10(13)11(14)9-7-5-4-6-8(9)2/h4-7,10H,3,13H2,1-2H3. The zero-order valence-corrected chi connectivity index (χ0v) is 9.40.